The van der Waals surface area contributed by atoms with Crippen LogP contribution in [0.4, 0.5) is 0 Å². The van der Waals surface area contributed by atoms with E-state index in [9.17, 15) is 0 Å². The lowest BCUT2D eigenvalue weighted by atomic mass is 10.0. The summed E-state index contributed by atoms with van der Waals surface area (Å²) >= 11 is 0. The van der Waals surface area contributed by atoms with E-state index in [1.54, 1.807) is 0 Å². The second-order valence-electron chi connectivity index (χ2n) is 12.6. The molecule has 0 N–H and O–H groups in total. The zero-order valence-electron chi connectivity index (χ0n) is 27.0. The third-order valence-corrected chi connectivity index (χ3v) is 9.58. The van der Waals surface area contributed by atoms with Crippen LogP contribution in [0.25, 0.3) is 89.0 Å². The molecule has 3 aromatic heterocycles. The first-order chi connectivity index (χ1) is 24.8. The highest BCUT2D eigenvalue weighted by atomic mass is 15.0. The standard InChI is InChI=1S/C45H29N5/c1-4-12-30(13-5-1)43-46-44(31-14-6-2-7-15-31)48-45(47-43)32-20-23-36(24-21-32)50-40-19-11-10-18-37(40)38-25-22-33-28-34-26-27-49(35-16-8-3-9-17-35)41(34)29-39(33)42(38)50/h1-29H. The van der Waals surface area contributed by atoms with Crippen LogP contribution in [-0.4, -0.2) is 24.1 Å². The molecular weight excluding hydrogens is 611 g/mol. The van der Waals surface area contributed by atoms with Crippen molar-refractivity contribution in [3.8, 4) is 45.5 Å². The van der Waals surface area contributed by atoms with Gasteiger partial charge in [0.15, 0.2) is 17.5 Å². The van der Waals surface area contributed by atoms with Crippen LogP contribution in [0.15, 0.2) is 176 Å². The molecule has 0 atom stereocenters. The quantitative estimate of drug-likeness (QED) is 0.188. The number of hydrogen-bond donors (Lipinski definition) is 0. The van der Waals surface area contributed by atoms with E-state index < -0.39 is 0 Å². The Kier molecular flexibility index (Phi) is 6.42. The molecule has 0 radical (unpaired) electrons. The summed E-state index contributed by atoms with van der Waals surface area (Å²) < 4.78 is 4.67. The molecule has 5 heteroatoms. The molecule has 0 saturated carbocycles. The third-order valence-electron chi connectivity index (χ3n) is 9.58. The molecule has 0 amide bonds. The Morgan fingerprint density at radius 1 is 0.360 bits per heavy atom. The lowest BCUT2D eigenvalue weighted by Crippen LogP contribution is -2.00. The number of nitrogens with zero attached hydrogens (tertiary/aromatic N) is 5. The molecule has 50 heavy (non-hydrogen) atoms. The van der Waals surface area contributed by atoms with Gasteiger partial charge in [-0.25, -0.2) is 15.0 Å². The molecule has 0 unspecified atom stereocenters. The van der Waals surface area contributed by atoms with E-state index in [0.717, 1.165) is 28.1 Å². The topological polar surface area (TPSA) is 48.5 Å². The molecule has 0 aliphatic heterocycles. The molecule has 7 aromatic carbocycles. The molecular formula is C45H29N5. The van der Waals surface area contributed by atoms with E-state index in [-0.39, 0.29) is 0 Å². The Balaban J connectivity index is 1.16. The predicted octanol–water partition coefficient (Wildman–Crippen LogP) is 11.1. The van der Waals surface area contributed by atoms with Gasteiger partial charge >= 0.3 is 0 Å². The number of benzene rings is 7. The van der Waals surface area contributed by atoms with E-state index >= 15 is 0 Å². The van der Waals surface area contributed by atoms with Crippen molar-refractivity contribution in [2.24, 2.45) is 0 Å². The molecule has 0 aliphatic carbocycles. The van der Waals surface area contributed by atoms with Crippen molar-refractivity contribution in [3.05, 3.63) is 176 Å². The fourth-order valence-corrected chi connectivity index (χ4v) is 7.19. The van der Waals surface area contributed by atoms with Crippen LogP contribution >= 0.6 is 0 Å². The number of rotatable bonds is 5. The van der Waals surface area contributed by atoms with Crippen LogP contribution in [-0.2, 0) is 0 Å². The summed E-state index contributed by atoms with van der Waals surface area (Å²) in [6, 6.07) is 59.4. The van der Waals surface area contributed by atoms with E-state index in [0.29, 0.717) is 17.5 Å². The SMILES string of the molecule is c1ccc(-c2nc(-c3ccccc3)nc(-c3ccc(-n4c5ccccc5c5ccc6cc7ccn(-c8ccccc8)c7cc6c54)cc3)n2)cc1. The molecule has 3 heterocycles. The number of aromatic nitrogens is 5. The van der Waals surface area contributed by atoms with E-state index in [1.165, 1.54) is 43.5 Å². The Morgan fingerprint density at radius 3 is 1.60 bits per heavy atom. The smallest absolute Gasteiger partial charge is 0.164 e. The zero-order valence-corrected chi connectivity index (χ0v) is 27.0. The summed E-state index contributed by atoms with van der Waals surface area (Å²) in [6.07, 6.45) is 2.16. The van der Waals surface area contributed by atoms with Crippen LogP contribution < -0.4 is 0 Å². The van der Waals surface area contributed by atoms with Gasteiger partial charge in [-0.05, 0) is 66.0 Å². The zero-order chi connectivity index (χ0) is 33.0. The monoisotopic (exact) mass is 639 g/mol. The Hall–Kier alpha value is -6.85. The molecule has 0 fully saturated rings. The normalized spacial score (nSPS) is 11.6. The number of fused-ring (bicyclic) bond motifs is 6. The highest BCUT2D eigenvalue weighted by molar-refractivity contribution is 6.20. The van der Waals surface area contributed by atoms with Crippen LogP contribution in [0, 0.1) is 0 Å². The van der Waals surface area contributed by atoms with Crippen LogP contribution in [0.5, 0.6) is 0 Å². The van der Waals surface area contributed by atoms with Gasteiger partial charge in [0, 0.05) is 55.8 Å². The summed E-state index contributed by atoms with van der Waals surface area (Å²) in [5.41, 5.74) is 8.60. The first kappa shape index (κ1) is 28.2. The summed E-state index contributed by atoms with van der Waals surface area (Å²) in [6.45, 7) is 0. The van der Waals surface area contributed by atoms with Crippen molar-refractivity contribution in [2.45, 2.75) is 0 Å². The lowest BCUT2D eigenvalue weighted by molar-refractivity contribution is 1.07. The van der Waals surface area contributed by atoms with Crippen molar-refractivity contribution in [1.82, 2.24) is 24.1 Å². The van der Waals surface area contributed by atoms with Crippen molar-refractivity contribution in [1.29, 1.82) is 0 Å². The summed E-state index contributed by atoms with van der Waals surface area (Å²) in [4.78, 5) is 14.8. The Bertz CT molecular complexity index is 2780. The Labute approximate surface area is 288 Å². The molecule has 0 spiro atoms. The van der Waals surface area contributed by atoms with Gasteiger partial charge in [-0.15, -0.1) is 0 Å². The van der Waals surface area contributed by atoms with Gasteiger partial charge in [0.05, 0.1) is 16.6 Å². The Morgan fingerprint density at radius 2 is 0.940 bits per heavy atom. The molecule has 234 valence electrons. The molecule has 10 rings (SSSR count). The molecule has 10 aromatic rings. The molecule has 0 bridgehead atoms. The minimum atomic E-state index is 0.640. The fourth-order valence-electron chi connectivity index (χ4n) is 7.19. The fraction of sp³-hybridized carbons (Fsp3) is 0. The summed E-state index contributed by atoms with van der Waals surface area (Å²) in [5.74, 6) is 1.94. The lowest BCUT2D eigenvalue weighted by Gasteiger charge is -2.12. The van der Waals surface area contributed by atoms with Gasteiger partial charge in [-0.3, -0.25) is 0 Å². The summed E-state index contributed by atoms with van der Waals surface area (Å²) in [7, 11) is 0. The van der Waals surface area contributed by atoms with Crippen LogP contribution in [0.3, 0.4) is 0 Å². The average Bonchev–Trinajstić information content (AvgIpc) is 3.77. The van der Waals surface area contributed by atoms with Gasteiger partial charge in [0.25, 0.3) is 0 Å². The summed E-state index contributed by atoms with van der Waals surface area (Å²) in [5, 5.41) is 6.10. The first-order valence-corrected chi connectivity index (χ1v) is 16.8. The van der Waals surface area contributed by atoms with Crippen LogP contribution in [0.1, 0.15) is 0 Å². The third kappa shape index (κ3) is 4.60. The van der Waals surface area contributed by atoms with Gasteiger partial charge in [0.2, 0.25) is 0 Å². The maximum absolute atomic E-state index is 4.96. The first-order valence-electron chi connectivity index (χ1n) is 16.8. The van der Waals surface area contributed by atoms with Gasteiger partial charge in [0.1, 0.15) is 0 Å². The van der Waals surface area contributed by atoms with Gasteiger partial charge in [-0.1, -0.05) is 109 Å². The van der Waals surface area contributed by atoms with Crippen molar-refractivity contribution >= 4 is 43.5 Å². The highest BCUT2D eigenvalue weighted by Crippen LogP contribution is 2.39. The average molecular weight is 640 g/mol. The predicted molar refractivity (Wildman–Crippen MR) is 205 cm³/mol. The van der Waals surface area contributed by atoms with Gasteiger partial charge in [-0.2, -0.15) is 0 Å². The van der Waals surface area contributed by atoms with Crippen molar-refractivity contribution in [2.75, 3.05) is 0 Å². The van der Waals surface area contributed by atoms with Crippen LogP contribution in [0.2, 0.25) is 0 Å². The molecule has 0 aliphatic rings. The minimum absolute atomic E-state index is 0.640. The maximum Gasteiger partial charge on any atom is 0.164 e. The molecule has 5 nitrogen and oxygen atoms in total. The number of para-hydroxylation sites is 2. The highest BCUT2D eigenvalue weighted by Gasteiger charge is 2.17. The van der Waals surface area contributed by atoms with Crippen molar-refractivity contribution < 1.29 is 0 Å². The van der Waals surface area contributed by atoms with E-state index in [4.69, 9.17) is 15.0 Å². The molecule has 0 saturated heterocycles. The van der Waals surface area contributed by atoms with Crippen molar-refractivity contribution in [3.63, 3.8) is 0 Å². The maximum atomic E-state index is 4.96. The van der Waals surface area contributed by atoms with Gasteiger partial charge < -0.3 is 9.13 Å². The van der Waals surface area contributed by atoms with E-state index in [1.807, 2.05) is 60.7 Å². The number of hydrogen-bond acceptors (Lipinski definition) is 3. The van der Waals surface area contributed by atoms with E-state index in [2.05, 4.69) is 125 Å². The largest absolute Gasteiger partial charge is 0.317 e. The second-order valence-corrected chi connectivity index (χ2v) is 12.6. The minimum Gasteiger partial charge on any atom is -0.317 e. The second kappa shape index (κ2) is 11.4.